The first kappa shape index (κ1) is 12.8. The van der Waals surface area contributed by atoms with Gasteiger partial charge in [-0.2, -0.15) is 5.26 Å². The molecular weight excluding hydrogens is 226 g/mol. The molecule has 1 fully saturated rings. The number of aliphatic hydroxyl groups is 1. The third-order valence-electron chi connectivity index (χ3n) is 3.68. The van der Waals surface area contributed by atoms with Crippen molar-refractivity contribution in [2.75, 3.05) is 11.9 Å². The van der Waals surface area contributed by atoms with Crippen LogP contribution in [0.5, 0.6) is 0 Å². The Balaban J connectivity index is 2.16. The van der Waals surface area contributed by atoms with Gasteiger partial charge in [0, 0.05) is 6.20 Å². The van der Waals surface area contributed by atoms with Gasteiger partial charge in [-0.15, -0.1) is 0 Å². The molecule has 0 amide bonds. The number of nitriles is 1. The number of aliphatic hydroxyl groups excluding tert-OH is 1. The van der Waals surface area contributed by atoms with Gasteiger partial charge in [0.15, 0.2) is 0 Å². The number of nitrogens with one attached hydrogen (secondary N) is 1. The Kier molecular flexibility index (Phi) is 3.83. The van der Waals surface area contributed by atoms with Crippen LogP contribution in [-0.4, -0.2) is 22.2 Å². The monoisotopic (exact) mass is 245 g/mol. The Hall–Kier alpha value is -1.60. The minimum atomic E-state index is -0.279. The van der Waals surface area contributed by atoms with Crippen molar-refractivity contribution in [3.8, 4) is 6.07 Å². The molecule has 0 spiro atoms. The van der Waals surface area contributed by atoms with Crippen LogP contribution in [0.15, 0.2) is 18.3 Å². The second-order valence-corrected chi connectivity index (χ2v) is 5.31. The van der Waals surface area contributed by atoms with Gasteiger partial charge in [-0.05, 0) is 30.9 Å². The summed E-state index contributed by atoms with van der Waals surface area (Å²) in [5.41, 5.74) is 0.308. The molecule has 1 heterocycles. The third kappa shape index (κ3) is 2.80. The maximum Gasteiger partial charge on any atom is 0.127 e. The van der Waals surface area contributed by atoms with Gasteiger partial charge in [-0.25, -0.2) is 4.98 Å². The second-order valence-electron chi connectivity index (χ2n) is 5.31. The predicted octanol–water partition coefficient (Wildman–Crippen LogP) is 2.31. The summed E-state index contributed by atoms with van der Waals surface area (Å²) >= 11 is 0. The molecule has 4 heteroatoms. The zero-order valence-corrected chi connectivity index (χ0v) is 10.7. The molecule has 2 rings (SSSR count). The van der Waals surface area contributed by atoms with Crippen LogP contribution < -0.4 is 5.32 Å². The lowest BCUT2D eigenvalue weighted by atomic mass is 9.77. The lowest BCUT2D eigenvalue weighted by molar-refractivity contribution is 0.149. The summed E-state index contributed by atoms with van der Waals surface area (Å²) < 4.78 is 0. The quantitative estimate of drug-likeness (QED) is 0.857. The number of nitrogens with zero attached hydrogens (tertiary/aromatic N) is 2. The van der Waals surface area contributed by atoms with E-state index in [-0.39, 0.29) is 12.1 Å². The molecule has 0 aromatic carbocycles. The molecule has 0 bridgehead atoms. The molecule has 1 aliphatic carbocycles. The van der Waals surface area contributed by atoms with Crippen molar-refractivity contribution in [3.05, 3.63) is 23.9 Å². The molecule has 0 saturated heterocycles. The van der Waals surface area contributed by atoms with Crippen molar-refractivity contribution in [1.82, 2.24) is 4.98 Å². The van der Waals surface area contributed by atoms with Crippen LogP contribution in [0.25, 0.3) is 0 Å². The Morgan fingerprint density at radius 1 is 1.67 bits per heavy atom. The number of anilines is 1. The first-order valence-electron chi connectivity index (χ1n) is 6.43. The maximum absolute atomic E-state index is 9.69. The van der Waals surface area contributed by atoms with E-state index in [9.17, 15) is 5.11 Å². The summed E-state index contributed by atoms with van der Waals surface area (Å²) in [4.78, 5) is 4.23. The highest BCUT2D eigenvalue weighted by atomic mass is 16.3. The fraction of sp³-hybridized carbons (Fsp3) is 0.571. The molecule has 1 aromatic rings. The van der Waals surface area contributed by atoms with Crippen LogP contribution in [0.1, 0.15) is 38.2 Å². The molecule has 1 aliphatic rings. The van der Waals surface area contributed by atoms with E-state index in [0.29, 0.717) is 17.3 Å². The van der Waals surface area contributed by atoms with E-state index in [1.807, 2.05) is 0 Å². The molecular formula is C14H19N3O. The average Bonchev–Trinajstić information content (AvgIpc) is 2.39. The Morgan fingerprint density at radius 3 is 3.17 bits per heavy atom. The van der Waals surface area contributed by atoms with E-state index < -0.39 is 0 Å². The minimum Gasteiger partial charge on any atom is -0.394 e. The molecule has 2 atom stereocenters. The molecule has 0 aliphatic heterocycles. The van der Waals surface area contributed by atoms with Gasteiger partial charge in [-0.3, -0.25) is 0 Å². The van der Waals surface area contributed by atoms with Gasteiger partial charge in [0.2, 0.25) is 0 Å². The summed E-state index contributed by atoms with van der Waals surface area (Å²) in [7, 11) is 0. The normalized spacial score (nSPS) is 27.5. The number of hydrogen-bond donors (Lipinski definition) is 2. The lowest BCUT2D eigenvalue weighted by Crippen LogP contribution is -2.46. The Bertz CT molecular complexity index is 455. The van der Waals surface area contributed by atoms with Gasteiger partial charge in [0.1, 0.15) is 5.82 Å². The van der Waals surface area contributed by atoms with E-state index in [2.05, 4.69) is 23.3 Å². The fourth-order valence-corrected chi connectivity index (χ4v) is 2.80. The number of hydrogen-bond acceptors (Lipinski definition) is 4. The van der Waals surface area contributed by atoms with Crippen LogP contribution in [0.4, 0.5) is 5.82 Å². The molecule has 1 saturated carbocycles. The first-order chi connectivity index (χ1) is 8.67. The second kappa shape index (κ2) is 5.36. The fourth-order valence-electron chi connectivity index (χ4n) is 2.80. The van der Waals surface area contributed by atoms with Crippen molar-refractivity contribution < 1.29 is 5.11 Å². The number of rotatable bonds is 3. The molecule has 18 heavy (non-hydrogen) atoms. The molecule has 0 radical (unpaired) electrons. The molecule has 1 aromatic heterocycles. The Labute approximate surface area is 108 Å². The SMILES string of the molecule is CC1CCCC(CO)(Nc2cc(C#N)ccn2)C1. The van der Waals surface area contributed by atoms with E-state index in [0.717, 1.165) is 19.3 Å². The molecule has 2 unspecified atom stereocenters. The third-order valence-corrected chi connectivity index (χ3v) is 3.68. The van der Waals surface area contributed by atoms with Crippen LogP contribution in [0.2, 0.25) is 0 Å². The standard InChI is InChI=1S/C14H19N3O/c1-11-3-2-5-14(8-11,10-18)17-13-7-12(9-15)4-6-16-13/h4,6-7,11,18H,2-3,5,8,10H2,1H3,(H,16,17). The number of aromatic nitrogens is 1. The topological polar surface area (TPSA) is 68.9 Å². The summed E-state index contributed by atoms with van der Waals surface area (Å²) in [5, 5.41) is 21.9. The van der Waals surface area contributed by atoms with Crippen LogP contribution >= 0.6 is 0 Å². The van der Waals surface area contributed by atoms with Crippen molar-refractivity contribution in [3.63, 3.8) is 0 Å². The zero-order valence-electron chi connectivity index (χ0n) is 10.7. The lowest BCUT2D eigenvalue weighted by Gasteiger charge is -2.39. The summed E-state index contributed by atoms with van der Waals surface area (Å²) in [5.74, 6) is 1.29. The van der Waals surface area contributed by atoms with Gasteiger partial charge in [-0.1, -0.05) is 19.8 Å². The van der Waals surface area contributed by atoms with Crippen LogP contribution in [0.3, 0.4) is 0 Å². The minimum absolute atomic E-state index is 0.107. The summed E-state index contributed by atoms with van der Waals surface area (Å²) in [6.07, 6.45) is 5.86. The van der Waals surface area contributed by atoms with Crippen molar-refractivity contribution in [1.29, 1.82) is 5.26 Å². The maximum atomic E-state index is 9.69. The van der Waals surface area contributed by atoms with Gasteiger partial charge in [0.05, 0.1) is 23.8 Å². The number of pyridine rings is 1. The highest BCUT2D eigenvalue weighted by Crippen LogP contribution is 2.34. The van der Waals surface area contributed by atoms with Gasteiger partial charge in [0.25, 0.3) is 0 Å². The van der Waals surface area contributed by atoms with E-state index in [4.69, 9.17) is 5.26 Å². The smallest absolute Gasteiger partial charge is 0.127 e. The highest BCUT2D eigenvalue weighted by molar-refractivity contribution is 5.44. The average molecular weight is 245 g/mol. The highest BCUT2D eigenvalue weighted by Gasteiger charge is 2.34. The van der Waals surface area contributed by atoms with Crippen molar-refractivity contribution in [2.24, 2.45) is 5.92 Å². The van der Waals surface area contributed by atoms with E-state index in [1.165, 1.54) is 6.42 Å². The molecule has 96 valence electrons. The van der Waals surface area contributed by atoms with E-state index >= 15 is 0 Å². The first-order valence-corrected chi connectivity index (χ1v) is 6.43. The van der Waals surface area contributed by atoms with Crippen LogP contribution in [-0.2, 0) is 0 Å². The summed E-state index contributed by atoms with van der Waals surface area (Å²) in [6, 6.07) is 5.52. The molecule has 4 nitrogen and oxygen atoms in total. The van der Waals surface area contributed by atoms with Crippen LogP contribution in [0, 0.1) is 17.2 Å². The van der Waals surface area contributed by atoms with Crippen molar-refractivity contribution >= 4 is 5.82 Å². The Morgan fingerprint density at radius 2 is 2.50 bits per heavy atom. The molecule has 2 N–H and O–H groups in total. The van der Waals surface area contributed by atoms with Gasteiger partial charge >= 0.3 is 0 Å². The zero-order chi connectivity index (χ0) is 13.0. The summed E-state index contributed by atoms with van der Waals surface area (Å²) in [6.45, 7) is 2.32. The largest absolute Gasteiger partial charge is 0.394 e. The van der Waals surface area contributed by atoms with Gasteiger partial charge < -0.3 is 10.4 Å². The predicted molar refractivity (Wildman–Crippen MR) is 70.0 cm³/mol. The van der Waals surface area contributed by atoms with E-state index in [1.54, 1.807) is 18.3 Å². The van der Waals surface area contributed by atoms with Crippen molar-refractivity contribution in [2.45, 2.75) is 38.1 Å².